The number of hydrogen-bond acceptors (Lipinski definition) is 8. The number of fused-ring (bicyclic) bond motifs is 1. The molecule has 2 saturated carbocycles. The lowest BCUT2D eigenvalue weighted by molar-refractivity contribution is -0.129. The minimum absolute atomic E-state index is 0.309. The number of amides is 1. The van der Waals surface area contributed by atoms with Crippen molar-refractivity contribution in [3.8, 4) is 11.8 Å². The SMILES string of the molecule is CNC(=O)[C@@H]1C(O)C(O)[C@H](n2cnc3c(NC4CCC4)nc(C#Cc4ccc(Cl)s4)nc32)[C@H]1C. The number of aromatic nitrogens is 4. The van der Waals surface area contributed by atoms with Crippen molar-refractivity contribution in [3.05, 3.63) is 33.5 Å². The molecule has 178 valence electrons. The first-order valence-electron chi connectivity index (χ1n) is 11.2. The van der Waals surface area contributed by atoms with Crippen molar-refractivity contribution < 1.29 is 15.0 Å². The summed E-state index contributed by atoms with van der Waals surface area (Å²) in [6, 6.07) is 3.35. The second-order valence-electron chi connectivity index (χ2n) is 8.82. The second-order valence-corrected chi connectivity index (χ2v) is 10.5. The van der Waals surface area contributed by atoms with E-state index in [2.05, 4.69) is 37.4 Å². The molecular formula is C23H25ClN6O3S. The third-order valence-corrected chi connectivity index (χ3v) is 7.93. The van der Waals surface area contributed by atoms with E-state index < -0.39 is 24.2 Å². The fourth-order valence-electron chi connectivity index (χ4n) is 4.76. The van der Waals surface area contributed by atoms with Crippen LogP contribution in [0.4, 0.5) is 5.82 Å². The first kappa shape index (κ1) is 23.1. The molecular weight excluding hydrogens is 476 g/mol. The fourth-order valence-corrected chi connectivity index (χ4v) is 5.66. The van der Waals surface area contributed by atoms with Crippen molar-refractivity contribution in [1.82, 2.24) is 24.8 Å². The van der Waals surface area contributed by atoms with Gasteiger partial charge in [0.05, 0.1) is 33.6 Å². The van der Waals surface area contributed by atoms with Crippen LogP contribution in [0.5, 0.6) is 0 Å². The highest BCUT2D eigenvalue weighted by Crippen LogP contribution is 2.42. The van der Waals surface area contributed by atoms with Crippen LogP contribution in [0.15, 0.2) is 18.5 Å². The Morgan fingerprint density at radius 2 is 2.03 bits per heavy atom. The summed E-state index contributed by atoms with van der Waals surface area (Å²) in [5.41, 5.74) is 1.06. The average molecular weight is 501 g/mol. The smallest absolute Gasteiger partial charge is 0.225 e. The van der Waals surface area contributed by atoms with Gasteiger partial charge in [-0.1, -0.05) is 18.5 Å². The number of thiophene rings is 1. The number of carbonyl (C=O) groups excluding carboxylic acids is 1. The van der Waals surface area contributed by atoms with Crippen LogP contribution in [-0.4, -0.2) is 60.9 Å². The van der Waals surface area contributed by atoms with Crippen LogP contribution in [0.2, 0.25) is 4.34 Å². The zero-order valence-corrected chi connectivity index (χ0v) is 20.3. The number of imidazole rings is 1. The topological polar surface area (TPSA) is 125 Å². The monoisotopic (exact) mass is 500 g/mol. The molecule has 11 heteroatoms. The minimum atomic E-state index is -1.20. The quantitative estimate of drug-likeness (QED) is 0.404. The summed E-state index contributed by atoms with van der Waals surface area (Å²) in [6.07, 6.45) is 2.50. The van der Waals surface area contributed by atoms with Gasteiger partial charge in [0.25, 0.3) is 0 Å². The number of anilines is 1. The zero-order valence-electron chi connectivity index (χ0n) is 18.7. The number of aliphatic hydroxyl groups is 2. The molecule has 4 N–H and O–H groups in total. The molecule has 1 amide bonds. The Kier molecular flexibility index (Phi) is 6.20. The van der Waals surface area contributed by atoms with Crippen LogP contribution < -0.4 is 10.6 Å². The Balaban J connectivity index is 1.58. The summed E-state index contributed by atoms with van der Waals surface area (Å²) in [7, 11) is 1.52. The van der Waals surface area contributed by atoms with E-state index >= 15 is 0 Å². The van der Waals surface area contributed by atoms with E-state index in [1.54, 1.807) is 17.0 Å². The first-order valence-corrected chi connectivity index (χ1v) is 12.4. The lowest BCUT2D eigenvalue weighted by atomic mass is 9.93. The summed E-state index contributed by atoms with van der Waals surface area (Å²) in [4.78, 5) is 27.0. The molecule has 3 heterocycles. The highest BCUT2D eigenvalue weighted by atomic mass is 35.5. The molecule has 3 aromatic rings. The molecule has 2 aliphatic rings. The third kappa shape index (κ3) is 4.03. The van der Waals surface area contributed by atoms with Crippen LogP contribution in [-0.2, 0) is 4.79 Å². The maximum absolute atomic E-state index is 12.4. The molecule has 0 spiro atoms. The van der Waals surface area contributed by atoms with Crippen LogP contribution in [0.3, 0.4) is 0 Å². The summed E-state index contributed by atoms with van der Waals surface area (Å²) in [5.74, 6) is 5.54. The summed E-state index contributed by atoms with van der Waals surface area (Å²) in [6.45, 7) is 1.84. The molecule has 0 aromatic carbocycles. The van der Waals surface area contributed by atoms with Crippen molar-refractivity contribution in [2.45, 2.75) is 50.5 Å². The number of halogens is 1. The van der Waals surface area contributed by atoms with Crippen molar-refractivity contribution >= 4 is 45.8 Å². The number of nitrogens with one attached hydrogen (secondary N) is 2. The van der Waals surface area contributed by atoms with E-state index in [1.165, 1.54) is 18.4 Å². The lowest BCUT2D eigenvalue weighted by Crippen LogP contribution is -2.37. The number of carbonyl (C=O) groups is 1. The largest absolute Gasteiger partial charge is 0.390 e. The van der Waals surface area contributed by atoms with Crippen molar-refractivity contribution in [2.24, 2.45) is 11.8 Å². The van der Waals surface area contributed by atoms with E-state index in [0.29, 0.717) is 33.2 Å². The molecule has 5 rings (SSSR count). The standard InChI is InChI=1S/C23H25ClN6O3S/c1-11-16(23(33)25-2)19(31)20(32)18(11)30-10-26-17-21(27-12-4-3-5-12)28-15(29-22(17)30)9-7-13-6-8-14(24)34-13/h6,8,10-12,16,18-20,31-32H,3-5H2,1-2H3,(H,25,33)(H,27,28,29)/t11-,16-,18+,19?,20?/m0/s1. The molecule has 0 radical (unpaired) electrons. The highest BCUT2D eigenvalue weighted by molar-refractivity contribution is 7.16. The Labute approximate surface area is 205 Å². The van der Waals surface area contributed by atoms with Gasteiger partial charge in [0, 0.05) is 13.1 Å². The fraction of sp³-hybridized carbons (Fsp3) is 0.478. The van der Waals surface area contributed by atoms with Gasteiger partial charge in [-0.15, -0.1) is 11.3 Å². The van der Waals surface area contributed by atoms with Gasteiger partial charge in [0.15, 0.2) is 17.0 Å². The summed E-state index contributed by atoms with van der Waals surface area (Å²) >= 11 is 7.39. The van der Waals surface area contributed by atoms with Gasteiger partial charge >= 0.3 is 0 Å². The predicted molar refractivity (Wildman–Crippen MR) is 130 cm³/mol. The van der Waals surface area contributed by atoms with Gasteiger partial charge in [-0.05, 0) is 49.2 Å². The van der Waals surface area contributed by atoms with E-state index in [9.17, 15) is 15.0 Å². The zero-order chi connectivity index (χ0) is 24.0. The van der Waals surface area contributed by atoms with Crippen molar-refractivity contribution in [1.29, 1.82) is 0 Å². The van der Waals surface area contributed by atoms with E-state index in [-0.39, 0.29) is 11.8 Å². The molecule has 9 nitrogen and oxygen atoms in total. The van der Waals surface area contributed by atoms with Gasteiger partial charge in [0.1, 0.15) is 6.10 Å². The first-order chi connectivity index (χ1) is 16.4. The number of aliphatic hydroxyl groups excluding tert-OH is 2. The minimum Gasteiger partial charge on any atom is -0.390 e. The molecule has 2 fully saturated rings. The molecule has 3 aromatic heterocycles. The van der Waals surface area contributed by atoms with Crippen LogP contribution in [0, 0.1) is 23.7 Å². The summed E-state index contributed by atoms with van der Waals surface area (Å²) in [5, 5.41) is 27.5. The van der Waals surface area contributed by atoms with Crippen LogP contribution >= 0.6 is 22.9 Å². The number of rotatable bonds is 4. The van der Waals surface area contributed by atoms with Crippen LogP contribution in [0.1, 0.15) is 42.9 Å². The average Bonchev–Trinajstić information content (AvgIpc) is 3.46. The van der Waals surface area contributed by atoms with Gasteiger partial charge in [-0.3, -0.25) is 4.79 Å². The molecule has 34 heavy (non-hydrogen) atoms. The van der Waals surface area contributed by atoms with Gasteiger partial charge in [-0.2, -0.15) is 0 Å². The van der Waals surface area contributed by atoms with Gasteiger partial charge in [0.2, 0.25) is 11.7 Å². The lowest BCUT2D eigenvalue weighted by Gasteiger charge is -2.27. The summed E-state index contributed by atoms with van der Waals surface area (Å²) < 4.78 is 2.39. The van der Waals surface area contributed by atoms with Gasteiger partial charge in [-0.25, -0.2) is 15.0 Å². The maximum Gasteiger partial charge on any atom is 0.225 e. The highest BCUT2D eigenvalue weighted by Gasteiger charge is 2.51. The van der Waals surface area contributed by atoms with Gasteiger partial charge < -0.3 is 25.4 Å². The predicted octanol–water partition coefficient (Wildman–Crippen LogP) is 2.18. The van der Waals surface area contributed by atoms with Crippen LogP contribution in [0.25, 0.3) is 11.2 Å². The van der Waals surface area contributed by atoms with E-state index in [4.69, 9.17) is 11.6 Å². The van der Waals surface area contributed by atoms with Crippen molar-refractivity contribution in [3.63, 3.8) is 0 Å². The Morgan fingerprint density at radius 3 is 2.68 bits per heavy atom. The second kappa shape index (κ2) is 9.15. The van der Waals surface area contributed by atoms with Crippen molar-refractivity contribution in [2.75, 3.05) is 12.4 Å². The third-order valence-electron chi connectivity index (χ3n) is 6.78. The molecule has 0 aliphatic heterocycles. The Bertz CT molecular complexity index is 1290. The number of hydrogen-bond donors (Lipinski definition) is 4. The molecule has 0 saturated heterocycles. The van der Waals surface area contributed by atoms with E-state index in [1.807, 2.05) is 13.0 Å². The molecule has 0 bridgehead atoms. The normalized spacial score (nSPS) is 26.7. The Hall–Kier alpha value is -2.71. The maximum atomic E-state index is 12.4. The molecule has 2 aliphatic carbocycles. The molecule has 2 unspecified atom stereocenters. The number of nitrogens with zero attached hydrogens (tertiary/aromatic N) is 4. The molecule has 5 atom stereocenters. The Morgan fingerprint density at radius 1 is 1.24 bits per heavy atom. The van der Waals surface area contributed by atoms with E-state index in [0.717, 1.165) is 24.1 Å².